The Kier molecular flexibility index (Phi) is 3.69. The summed E-state index contributed by atoms with van der Waals surface area (Å²) in [5.41, 5.74) is 0.194. The van der Waals surface area contributed by atoms with E-state index in [-0.39, 0.29) is 29.3 Å². The number of fused-ring (bicyclic) bond motifs is 1. The first kappa shape index (κ1) is 13.3. The molecule has 0 N–H and O–H groups in total. The van der Waals surface area contributed by atoms with Crippen LogP contribution in [0.4, 0.5) is 13.2 Å². The number of aromatic nitrogens is 1. The molecule has 1 aromatic heterocycles. The van der Waals surface area contributed by atoms with Crippen molar-refractivity contribution in [1.29, 1.82) is 0 Å². The third-order valence-corrected chi connectivity index (χ3v) is 2.76. The molecule has 2 rings (SSSR count). The van der Waals surface area contributed by atoms with Gasteiger partial charge in [-0.2, -0.15) is 0 Å². The summed E-state index contributed by atoms with van der Waals surface area (Å²) in [5, 5.41) is 0.0940. The van der Waals surface area contributed by atoms with Crippen molar-refractivity contribution in [3.05, 3.63) is 41.5 Å². The predicted octanol–water partition coefficient (Wildman–Crippen LogP) is 2.76. The van der Waals surface area contributed by atoms with Crippen LogP contribution in [0.1, 0.15) is 12.1 Å². The van der Waals surface area contributed by atoms with Gasteiger partial charge in [0.2, 0.25) is 0 Å². The van der Waals surface area contributed by atoms with Crippen LogP contribution in [0, 0.1) is 17.5 Å². The summed E-state index contributed by atoms with van der Waals surface area (Å²) in [6.07, 6.45) is 1.43. The van der Waals surface area contributed by atoms with E-state index in [1.165, 1.54) is 19.4 Å². The van der Waals surface area contributed by atoms with Crippen LogP contribution in [0.2, 0.25) is 0 Å². The summed E-state index contributed by atoms with van der Waals surface area (Å²) in [5.74, 6) is -4.57. The molecule has 0 amide bonds. The fourth-order valence-corrected chi connectivity index (χ4v) is 1.82. The van der Waals surface area contributed by atoms with Crippen LogP contribution >= 0.6 is 0 Å². The molecule has 100 valence electrons. The zero-order valence-electron chi connectivity index (χ0n) is 10.0. The number of carbonyl (C=O) groups excluding carboxylic acids is 1. The van der Waals surface area contributed by atoms with Crippen molar-refractivity contribution in [1.82, 2.24) is 4.98 Å². The molecule has 1 aromatic carbocycles. The van der Waals surface area contributed by atoms with E-state index in [4.69, 9.17) is 0 Å². The van der Waals surface area contributed by atoms with Crippen LogP contribution in [0.15, 0.2) is 18.3 Å². The largest absolute Gasteiger partial charge is 0.469 e. The lowest BCUT2D eigenvalue weighted by atomic mass is 10.1. The van der Waals surface area contributed by atoms with E-state index >= 15 is 0 Å². The molecule has 2 aromatic rings. The summed E-state index contributed by atoms with van der Waals surface area (Å²) in [7, 11) is 1.23. The van der Waals surface area contributed by atoms with Crippen LogP contribution in [-0.4, -0.2) is 18.1 Å². The first-order valence-corrected chi connectivity index (χ1v) is 5.52. The molecule has 0 aliphatic carbocycles. The Morgan fingerprint density at radius 2 is 2.05 bits per heavy atom. The lowest BCUT2D eigenvalue weighted by molar-refractivity contribution is -0.140. The highest BCUT2D eigenvalue weighted by Gasteiger charge is 2.17. The number of halogens is 3. The molecule has 0 saturated heterocycles. The van der Waals surface area contributed by atoms with E-state index in [1.54, 1.807) is 0 Å². The first-order chi connectivity index (χ1) is 9.04. The molecule has 0 saturated carbocycles. The van der Waals surface area contributed by atoms with E-state index in [1.807, 2.05) is 0 Å². The number of carbonyl (C=O) groups is 1. The highest BCUT2D eigenvalue weighted by Crippen LogP contribution is 2.25. The standard InChI is InChI=1S/C13H10F3NO2/c1-19-10(18)3-2-9-11-7(4-5-17-9)6-8(14)12(15)13(11)16/h4-6H,2-3H2,1H3. The molecule has 0 spiro atoms. The van der Waals surface area contributed by atoms with Crippen molar-refractivity contribution in [2.75, 3.05) is 7.11 Å². The average molecular weight is 269 g/mol. The van der Waals surface area contributed by atoms with Gasteiger partial charge in [-0.1, -0.05) is 0 Å². The number of rotatable bonds is 3. The van der Waals surface area contributed by atoms with E-state index in [0.717, 1.165) is 6.07 Å². The summed E-state index contributed by atoms with van der Waals surface area (Å²) >= 11 is 0. The van der Waals surface area contributed by atoms with E-state index in [9.17, 15) is 18.0 Å². The fourth-order valence-electron chi connectivity index (χ4n) is 1.82. The number of hydrogen-bond acceptors (Lipinski definition) is 3. The van der Waals surface area contributed by atoms with Gasteiger partial charge in [-0.25, -0.2) is 13.2 Å². The molecule has 0 atom stereocenters. The number of aryl methyl sites for hydroxylation is 1. The molecule has 0 aliphatic rings. The fraction of sp³-hybridized carbons (Fsp3) is 0.231. The molecule has 0 bridgehead atoms. The second kappa shape index (κ2) is 5.26. The Bertz CT molecular complexity index is 643. The van der Waals surface area contributed by atoms with E-state index in [0.29, 0.717) is 0 Å². The smallest absolute Gasteiger partial charge is 0.305 e. The normalized spacial score (nSPS) is 10.7. The Balaban J connectivity index is 2.50. The second-order valence-corrected chi connectivity index (χ2v) is 3.92. The van der Waals surface area contributed by atoms with Crippen LogP contribution in [0.25, 0.3) is 10.8 Å². The number of benzene rings is 1. The zero-order chi connectivity index (χ0) is 14.0. The van der Waals surface area contributed by atoms with Crippen molar-refractivity contribution < 1.29 is 22.7 Å². The van der Waals surface area contributed by atoms with Crippen LogP contribution in [0.3, 0.4) is 0 Å². The molecular formula is C13H10F3NO2. The second-order valence-electron chi connectivity index (χ2n) is 3.92. The van der Waals surface area contributed by atoms with Gasteiger partial charge in [0.05, 0.1) is 19.2 Å². The number of hydrogen-bond donors (Lipinski definition) is 0. The quantitative estimate of drug-likeness (QED) is 0.635. The number of esters is 1. The summed E-state index contributed by atoms with van der Waals surface area (Å²) < 4.78 is 44.6. The Labute approximate surface area is 107 Å². The zero-order valence-corrected chi connectivity index (χ0v) is 10.0. The molecule has 3 nitrogen and oxygen atoms in total. The molecule has 6 heteroatoms. The van der Waals surface area contributed by atoms with Gasteiger partial charge >= 0.3 is 5.97 Å². The predicted molar refractivity (Wildman–Crippen MR) is 62.0 cm³/mol. The highest BCUT2D eigenvalue weighted by atomic mass is 19.2. The Morgan fingerprint density at radius 1 is 1.32 bits per heavy atom. The summed E-state index contributed by atoms with van der Waals surface area (Å²) in [6, 6.07) is 2.28. The van der Waals surface area contributed by atoms with Gasteiger partial charge in [-0.3, -0.25) is 9.78 Å². The maximum Gasteiger partial charge on any atom is 0.305 e. The van der Waals surface area contributed by atoms with Gasteiger partial charge in [0.1, 0.15) is 0 Å². The Morgan fingerprint density at radius 3 is 2.74 bits per heavy atom. The summed E-state index contributed by atoms with van der Waals surface area (Å²) in [6.45, 7) is 0. The van der Waals surface area contributed by atoms with Crippen molar-refractivity contribution in [3.8, 4) is 0 Å². The highest BCUT2D eigenvalue weighted by molar-refractivity contribution is 5.85. The number of pyridine rings is 1. The van der Waals surface area contributed by atoms with Crippen LogP contribution in [-0.2, 0) is 16.0 Å². The third-order valence-electron chi connectivity index (χ3n) is 2.76. The maximum atomic E-state index is 13.8. The number of ether oxygens (including phenoxy) is 1. The molecule has 0 unspecified atom stereocenters. The van der Waals surface area contributed by atoms with Gasteiger partial charge in [0.15, 0.2) is 17.5 Å². The molecule has 19 heavy (non-hydrogen) atoms. The van der Waals surface area contributed by atoms with Crippen LogP contribution in [0.5, 0.6) is 0 Å². The molecule has 0 aliphatic heterocycles. The van der Waals surface area contributed by atoms with E-state index < -0.39 is 23.4 Å². The Hall–Kier alpha value is -2.11. The molecule has 0 radical (unpaired) electrons. The molecule has 0 fully saturated rings. The SMILES string of the molecule is COC(=O)CCc1nccc2cc(F)c(F)c(F)c12. The number of nitrogens with zero attached hydrogens (tertiary/aromatic N) is 1. The lowest BCUT2D eigenvalue weighted by Crippen LogP contribution is -2.05. The third kappa shape index (κ3) is 2.52. The van der Waals surface area contributed by atoms with Gasteiger partial charge in [-0.15, -0.1) is 0 Å². The van der Waals surface area contributed by atoms with Gasteiger partial charge in [-0.05, 0) is 17.5 Å². The van der Waals surface area contributed by atoms with Gasteiger partial charge in [0, 0.05) is 18.0 Å². The van der Waals surface area contributed by atoms with Gasteiger partial charge < -0.3 is 4.74 Å². The molecular weight excluding hydrogens is 259 g/mol. The van der Waals surface area contributed by atoms with Crippen molar-refractivity contribution in [3.63, 3.8) is 0 Å². The minimum atomic E-state index is -1.54. The van der Waals surface area contributed by atoms with Crippen LogP contribution < -0.4 is 0 Å². The monoisotopic (exact) mass is 269 g/mol. The average Bonchev–Trinajstić information content (AvgIpc) is 2.41. The van der Waals surface area contributed by atoms with Crippen molar-refractivity contribution in [2.45, 2.75) is 12.8 Å². The molecule has 1 heterocycles. The minimum absolute atomic E-state index is 0.0128. The summed E-state index contributed by atoms with van der Waals surface area (Å²) in [4.78, 5) is 15.0. The minimum Gasteiger partial charge on any atom is -0.469 e. The lowest BCUT2D eigenvalue weighted by Gasteiger charge is -2.07. The van der Waals surface area contributed by atoms with Crippen molar-refractivity contribution >= 4 is 16.7 Å². The van der Waals surface area contributed by atoms with Gasteiger partial charge in [0.25, 0.3) is 0 Å². The van der Waals surface area contributed by atoms with Crippen molar-refractivity contribution in [2.24, 2.45) is 0 Å². The topological polar surface area (TPSA) is 39.2 Å². The maximum absolute atomic E-state index is 13.8. The van der Waals surface area contributed by atoms with E-state index in [2.05, 4.69) is 9.72 Å². The first-order valence-electron chi connectivity index (χ1n) is 5.52. The number of methoxy groups -OCH3 is 1.